The zero-order valence-corrected chi connectivity index (χ0v) is 13.4. The van der Waals surface area contributed by atoms with Crippen LogP contribution in [0.3, 0.4) is 0 Å². The topological polar surface area (TPSA) is 55.8 Å². The van der Waals surface area contributed by atoms with Gasteiger partial charge < -0.3 is 14.6 Å². The van der Waals surface area contributed by atoms with E-state index in [0.717, 1.165) is 0 Å². The Morgan fingerprint density at radius 1 is 1.07 bits per heavy atom. The third kappa shape index (κ3) is 2.62. The molecule has 1 aliphatic rings. The molecular formula is C13H12F10O4. The molecule has 158 valence electrons. The van der Waals surface area contributed by atoms with Gasteiger partial charge in [0, 0.05) is 6.08 Å². The van der Waals surface area contributed by atoms with Crippen molar-refractivity contribution in [3.8, 4) is 0 Å². The number of hydrogen-bond donors (Lipinski definition) is 1. The third-order valence-corrected chi connectivity index (χ3v) is 4.26. The second-order valence-corrected chi connectivity index (χ2v) is 5.73. The van der Waals surface area contributed by atoms with Crippen LogP contribution >= 0.6 is 0 Å². The standard InChI is InChI=1S/C13H12F10O4/c1-4-6(24)26-7(3)9(14,15)8(5-2,12(18,19)20)27-11(25,10(7,16)17)13(21,22)23/h4,25H,1,5H2,2-3H3. The van der Waals surface area contributed by atoms with Gasteiger partial charge in [-0.3, -0.25) is 0 Å². The Morgan fingerprint density at radius 3 is 1.81 bits per heavy atom. The number of alkyl halides is 10. The maximum Gasteiger partial charge on any atom is 0.449 e. The lowest BCUT2D eigenvalue weighted by Crippen LogP contribution is -2.87. The van der Waals surface area contributed by atoms with Crippen molar-refractivity contribution in [1.29, 1.82) is 0 Å². The van der Waals surface area contributed by atoms with Gasteiger partial charge in [-0.2, -0.15) is 43.9 Å². The first-order valence-electron chi connectivity index (χ1n) is 6.89. The number of carbonyl (C=O) groups is 1. The van der Waals surface area contributed by atoms with Gasteiger partial charge in [0.2, 0.25) is 11.2 Å². The highest BCUT2D eigenvalue weighted by Gasteiger charge is 2.95. The van der Waals surface area contributed by atoms with E-state index in [0.29, 0.717) is 0 Å². The lowest BCUT2D eigenvalue weighted by molar-refractivity contribution is -0.556. The van der Waals surface area contributed by atoms with Crippen LogP contribution in [0, 0.1) is 0 Å². The summed E-state index contributed by atoms with van der Waals surface area (Å²) in [4.78, 5) is 11.2. The number of rotatable bonds is 3. The molecule has 1 fully saturated rings. The van der Waals surface area contributed by atoms with Crippen molar-refractivity contribution in [3.05, 3.63) is 12.7 Å². The summed E-state index contributed by atoms with van der Waals surface area (Å²) >= 11 is 0. The first-order chi connectivity index (χ1) is 11.7. The Bertz CT molecular complexity index is 628. The Morgan fingerprint density at radius 2 is 1.52 bits per heavy atom. The Hall–Kier alpha value is -1.57. The molecule has 3 atom stereocenters. The molecule has 0 aromatic carbocycles. The van der Waals surface area contributed by atoms with Crippen molar-refractivity contribution in [2.75, 3.05) is 0 Å². The smallest absolute Gasteiger partial charge is 0.443 e. The number of halogens is 10. The highest BCUT2D eigenvalue weighted by Crippen LogP contribution is 2.66. The largest absolute Gasteiger partial charge is 0.449 e. The van der Waals surface area contributed by atoms with Gasteiger partial charge in [0.25, 0.3) is 0 Å². The van der Waals surface area contributed by atoms with E-state index >= 15 is 0 Å². The minimum absolute atomic E-state index is 0.0409. The molecule has 3 unspecified atom stereocenters. The second kappa shape index (κ2) is 5.96. The number of hydrogen-bond acceptors (Lipinski definition) is 4. The maximum absolute atomic E-state index is 14.7. The zero-order valence-electron chi connectivity index (χ0n) is 13.4. The summed E-state index contributed by atoms with van der Waals surface area (Å²) < 4.78 is 144. The normalized spacial score (nSPS) is 36.2. The van der Waals surface area contributed by atoms with E-state index in [1.54, 1.807) is 0 Å². The number of esters is 1. The minimum atomic E-state index is -6.69. The Kier molecular flexibility index (Phi) is 5.18. The highest BCUT2D eigenvalue weighted by molar-refractivity contribution is 5.81. The molecule has 0 aliphatic carbocycles. The molecule has 1 rings (SSSR count). The predicted molar refractivity (Wildman–Crippen MR) is 65.8 cm³/mol. The fourth-order valence-corrected chi connectivity index (χ4v) is 2.62. The number of ether oxygens (including phenoxy) is 2. The lowest BCUT2D eigenvalue weighted by atomic mass is 9.71. The van der Waals surface area contributed by atoms with E-state index in [4.69, 9.17) is 0 Å². The molecule has 0 aromatic heterocycles. The quantitative estimate of drug-likeness (QED) is 0.428. The molecule has 0 radical (unpaired) electrons. The molecule has 0 amide bonds. The second-order valence-electron chi connectivity index (χ2n) is 5.73. The molecule has 1 heterocycles. The van der Waals surface area contributed by atoms with E-state index in [9.17, 15) is 53.8 Å². The molecule has 0 saturated carbocycles. The van der Waals surface area contributed by atoms with Gasteiger partial charge in [-0.05, 0) is 13.3 Å². The molecule has 0 bridgehead atoms. The van der Waals surface area contributed by atoms with Gasteiger partial charge >= 0.3 is 36.0 Å². The van der Waals surface area contributed by atoms with Crippen LogP contribution in [0.4, 0.5) is 43.9 Å². The van der Waals surface area contributed by atoms with Crippen LogP contribution in [-0.4, -0.2) is 52.3 Å². The first kappa shape index (κ1) is 23.5. The van der Waals surface area contributed by atoms with E-state index in [1.165, 1.54) is 0 Å². The van der Waals surface area contributed by atoms with Gasteiger partial charge in [-0.1, -0.05) is 13.5 Å². The fourth-order valence-electron chi connectivity index (χ4n) is 2.62. The average molecular weight is 422 g/mol. The third-order valence-electron chi connectivity index (χ3n) is 4.26. The Labute approximate surface area is 144 Å². The first-order valence-corrected chi connectivity index (χ1v) is 6.89. The SMILES string of the molecule is C=CC(=O)OC1(C)C(F)(F)C(O)(C(F)(F)F)OC(CC)(C(F)(F)F)C1(F)F. The van der Waals surface area contributed by atoms with Crippen molar-refractivity contribution in [2.45, 2.75) is 61.5 Å². The molecule has 1 saturated heterocycles. The van der Waals surface area contributed by atoms with E-state index in [-0.39, 0.29) is 13.0 Å². The van der Waals surface area contributed by atoms with Gasteiger partial charge in [-0.15, -0.1) is 0 Å². The van der Waals surface area contributed by atoms with Crippen LogP contribution < -0.4 is 0 Å². The van der Waals surface area contributed by atoms with Crippen LogP contribution in [-0.2, 0) is 14.3 Å². The fraction of sp³-hybridized carbons (Fsp3) is 0.769. The molecule has 0 aromatic rings. The predicted octanol–water partition coefficient (Wildman–Crippen LogP) is 3.74. The molecule has 27 heavy (non-hydrogen) atoms. The molecule has 14 heteroatoms. The molecule has 4 nitrogen and oxygen atoms in total. The van der Waals surface area contributed by atoms with Crippen molar-refractivity contribution < 1.29 is 63.3 Å². The average Bonchev–Trinajstić information content (AvgIpc) is 2.47. The van der Waals surface area contributed by atoms with Crippen LogP contribution in [0.25, 0.3) is 0 Å². The summed E-state index contributed by atoms with van der Waals surface area (Å²) in [6.45, 7) is 2.34. The minimum Gasteiger partial charge on any atom is -0.443 e. The maximum atomic E-state index is 14.7. The summed E-state index contributed by atoms with van der Waals surface area (Å²) in [6, 6.07) is 0. The van der Waals surface area contributed by atoms with Crippen LogP contribution in [0.1, 0.15) is 20.3 Å². The Balaban J connectivity index is 4.03. The van der Waals surface area contributed by atoms with Crippen LogP contribution in [0.5, 0.6) is 0 Å². The monoisotopic (exact) mass is 422 g/mol. The molecule has 1 aliphatic heterocycles. The van der Waals surface area contributed by atoms with Gasteiger partial charge in [0.15, 0.2) is 0 Å². The van der Waals surface area contributed by atoms with E-state index in [1.807, 2.05) is 0 Å². The summed E-state index contributed by atoms with van der Waals surface area (Å²) in [5.41, 5.74) is -10.4. The lowest BCUT2D eigenvalue weighted by Gasteiger charge is -2.59. The molecular weight excluding hydrogens is 410 g/mol. The van der Waals surface area contributed by atoms with Crippen molar-refractivity contribution >= 4 is 5.97 Å². The van der Waals surface area contributed by atoms with Crippen LogP contribution in [0.2, 0.25) is 0 Å². The van der Waals surface area contributed by atoms with E-state index < -0.39 is 60.5 Å². The van der Waals surface area contributed by atoms with E-state index in [2.05, 4.69) is 16.1 Å². The highest BCUT2D eigenvalue weighted by atomic mass is 19.4. The van der Waals surface area contributed by atoms with Gasteiger partial charge in [-0.25, -0.2) is 4.79 Å². The number of aliphatic hydroxyl groups is 1. The summed E-state index contributed by atoms with van der Waals surface area (Å²) in [6.07, 6.45) is -15.2. The molecule has 1 N–H and O–H groups in total. The summed E-state index contributed by atoms with van der Waals surface area (Å²) in [5.74, 6) is -20.5. The number of carbonyl (C=O) groups excluding carboxylic acids is 1. The summed E-state index contributed by atoms with van der Waals surface area (Å²) in [5, 5.41) is 9.37. The zero-order chi connectivity index (χ0) is 21.9. The van der Waals surface area contributed by atoms with Gasteiger partial charge in [0.05, 0.1) is 0 Å². The van der Waals surface area contributed by atoms with Crippen molar-refractivity contribution in [1.82, 2.24) is 0 Å². The van der Waals surface area contributed by atoms with Gasteiger partial charge in [0.1, 0.15) is 0 Å². The molecule has 0 spiro atoms. The van der Waals surface area contributed by atoms with Crippen molar-refractivity contribution in [2.24, 2.45) is 0 Å². The summed E-state index contributed by atoms with van der Waals surface area (Å²) in [7, 11) is 0. The van der Waals surface area contributed by atoms with Crippen LogP contribution in [0.15, 0.2) is 12.7 Å². The van der Waals surface area contributed by atoms with Crippen molar-refractivity contribution in [3.63, 3.8) is 0 Å².